The van der Waals surface area contributed by atoms with Gasteiger partial charge in [0.2, 0.25) is 0 Å². The van der Waals surface area contributed by atoms with Gasteiger partial charge in [0.25, 0.3) is 0 Å². The van der Waals surface area contributed by atoms with Crippen molar-refractivity contribution in [2.24, 2.45) is 0 Å². The molecular formula is C14H14N2S. The molecule has 0 atom stereocenters. The number of nitrogens with zero attached hydrogens (tertiary/aromatic N) is 2. The van der Waals surface area contributed by atoms with Gasteiger partial charge in [0.15, 0.2) is 0 Å². The molecule has 0 radical (unpaired) electrons. The van der Waals surface area contributed by atoms with Crippen LogP contribution in [0.3, 0.4) is 0 Å². The van der Waals surface area contributed by atoms with Crippen molar-refractivity contribution < 1.29 is 0 Å². The van der Waals surface area contributed by atoms with E-state index in [1.54, 1.807) is 11.3 Å². The van der Waals surface area contributed by atoms with Gasteiger partial charge in [-0.15, -0.1) is 11.3 Å². The molecule has 0 aliphatic carbocycles. The molecule has 2 nitrogen and oxygen atoms in total. The minimum absolute atomic E-state index is 0.858. The Morgan fingerprint density at radius 1 is 1.24 bits per heavy atom. The lowest BCUT2D eigenvalue weighted by molar-refractivity contribution is 0.811. The molecule has 0 amide bonds. The zero-order valence-corrected chi connectivity index (χ0v) is 10.8. The first kappa shape index (κ1) is 10.5. The Balaban J connectivity index is 2.03. The summed E-state index contributed by atoms with van der Waals surface area (Å²) in [6.07, 6.45) is 2.14. The first-order chi connectivity index (χ1) is 8.22. The zero-order chi connectivity index (χ0) is 11.8. The van der Waals surface area contributed by atoms with Gasteiger partial charge in [-0.1, -0.05) is 12.1 Å². The van der Waals surface area contributed by atoms with Gasteiger partial charge in [0.1, 0.15) is 0 Å². The summed E-state index contributed by atoms with van der Waals surface area (Å²) in [7, 11) is 0. The van der Waals surface area contributed by atoms with Crippen molar-refractivity contribution in [3.8, 4) is 0 Å². The first-order valence-corrected chi connectivity index (χ1v) is 6.57. The van der Waals surface area contributed by atoms with E-state index in [1.807, 2.05) is 6.92 Å². The molecule has 0 spiro atoms. The number of fused-ring (bicyclic) bond motifs is 1. The highest BCUT2D eigenvalue weighted by Gasteiger charge is 2.04. The number of rotatable bonds is 2. The fourth-order valence-corrected chi connectivity index (χ4v) is 2.69. The van der Waals surface area contributed by atoms with Crippen molar-refractivity contribution in [2.45, 2.75) is 20.4 Å². The van der Waals surface area contributed by atoms with Crippen LogP contribution in [-0.4, -0.2) is 9.55 Å². The molecule has 0 bridgehead atoms. The van der Waals surface area contributed by atoms with E-state index in [4.69, 9.17) is 0 Å². The van der Waals surface area contributed by atoms with Gasteiger partial charge >= 0.3 is 0 Å². The van der Waals surface area contributed by atoms with Crippen LogP contribution in [0.2, 0.25) is 0 Å². The van der Waals surface area contributed by atoms with Crippen molar-refractivity contribution in [1.82, 2.24) is 9.55 Å². The molecule has 0 aliphatic heterocycles. The molecule has 0 saturated carbocycles. The third-order valence-corrected chi connectivity index (χ3v) is 3.75. The van der Waals surface area contributed by atoms with E-state index < -0.39 is 0 Å². The molecule has 17 heavy (non-hydrogen) atoms. The Kier molecular flexibility index (Phi) is 2.48. The molecule has 0 fully saturated rings. The highest BCUT2D eigenvalue weighted by molar-refractivity contribution is 7.09. The van der Waals surface area contributed by atoms with E-state index in [0.717, 1.165) is 17.2 Å². The zero-order valence-electron chi connectivity index (χ0n) is 9.97. The van der Waals surface area contributed by atoms with Crippen molar-refractivity contribution >= 4 is 22.2 Å². The molecule has 0 unspecified atom stereocenters. The molecule has 1 aromatic carbocycles. The van der Waals surface area contributed by atoms with Crippen LogP contribution in [0.1, 0.15) is 16.3 Å². The monoisotopic (exact) mass is 242 g/mol. The van der Waals surface area contributed by atoms with Crippen molar-refractivity contribution in [3.05, 3.63) is 52.1 Å². The lowest BCUT2D eigenvalue weighted by atomic mass is 10.2. The van der Waals surface area contributed by atoms with Gasteiger partial charge in [-0.25, -0.2) is 4.98 Å². The lowest BCUT2D eigenvalue weighted by Gasteiger charge is -2.03. The predicted molar refractivity (Wildman–Crippen MR) is 72.6 cm³/mol. The maximum absolute atomic E-state index is 4.51. The first-order valence-electron chi connectivity index (χ1n) is 5.69. The average Bonchev–Trinajstić information content (AvgIpc) is 2.87. The van der Waals surface area contributed by atoms with Crippen LogP contribution < -0.4 is 0 Å². The van der Waals surface area contributed by atoms with E-state index in [0.29, 0.717) is 0 Å². The Hall–Kier alpha value is -1.61. The van der Waals surface area contributed by atoms with Crippen molar-refractivity contribution in [2.75, 3.05) is 0 Å². The highest BCUT2D eigenvalue weighted by Crippen LogP contribution is 2.19. The van der Waals surface area contributed by atoms with Crippen LogP contribution in [0.25, 0.3) is 10.9 Å². The Morgan fingerprint density at radius 2 is 2.12 bits per heavy atom. The fraction of sp³-hybridized carbons (Fsp3) is 0.214. The molecule has 3 rings (SSSR count). The minimum Gasteiger partial charge on any atom is -0.341 e. The van der Waals surface area contributed by atoms with Crippen LogP contribution in [-0.2, 0) is 6.54 Å². The largest absolute Gasteiger partial charge is 0.341 e. The molecule has 86 valence electrons. The maximum Gasteiger partial charge on any atom is 0.0898 e. The van der Waals surface area contributed by atoms with E-state index in [1.165, 1.54) is 16.5 Å². The summed E-state index contributed by atoms with van der Waals surface area (Å²) in [5.74, 6) is 0. The van der Waals surface area contributed by atoms with Gasteiger partial charge in [-0.2, -0.15) is 0 Å². The summed E-state index contributed by atoms with van der Waals surface area (Å²) in [4.78, 5) is 4.51. The molecule has 3 heteroatoms. The minimum atomic E-state index is 0.858. The summed E-state index contributed by atoms with van der Waals surface area (Å²) in [6, 6.07) is 8.72. The van der Waals surface area contributed by atoms with Crippen molar-refractivity contribution in [1.29, 1.82) is 0 Å². The molecular weight excluding hydrogens is 228 g/mol. The van der Waals surface area contributed by atoms with Crippen LogP contribution in [0.5, 0.6) is 0 Å². The normalized spacial score (nSPS) is 11.2. The second-order valence-corrected chi connectivity index (χ2v) is 5.43. The fourth-order valence-electron chi connectivity index (χ4n) is 2.09. The van der Waals surface area contributed by atoms with E-state index in [9.17, 15) is 0 Å². The third kappa shape index (κ3) is 1.98. The van der Waals surface area contributed by atoms with Crippen LogP contribution in [0.4, 0.5) is 0 Å². The average molecular weight is 242 g/mol. The Morgan fingerprint density at radius 3 is 2.88 bits per heavy atom. The number of aryl methyl sites for hydroxylation is 2. The second kappa shape index (κ2) is 4.00. The maximum atomic E-state index is 4.51. The lowest BCUT2D eigenvalue weighted by Crippen LogP contribution is -1.98. The molecule has 0 N–H and O–H groups in total. The second-order valence-electron chi connectivity index (χ2n) is 4.36. The number of thiazole rings is 1. The molecule has 0 aliphatic rings. The summed E-state index contributed by atoms with van der Waals surface area (Å²) >= 11 is 1.71. The summed E-state index contributed by atoms with van der Waals surface area (Å²) < 4.78 is 2.26. The standard InChI is InChI=1S/C14H14N2S/c1-10-3-4-12-5-6-16(14(12)7-10)8-13-9-17-11(2)15-13/h3-7,9H,8H2,1-2H3. The smallest absolute Gasteiger partial charge is 0.0898 e. The van der Waals surface area contributed by atoms with E-state index in [2.05, 4.69) is 52.3 Å². The number of hydrogen-bond donors (Lipinski definition) is 0. The van der Waals surface area contributed by atoms with Crippen LogP contribution in [0, 0.1) is 13.8 Å². The van der Waals surface area contributed by atoms with Gasteiger partial charge in [0, 0.05) is 17.1 Å². The highest BCUT2D eigenvalue weighted by atomic mass is 32.1. The topological polar surface area (TPSA) is 17.8 Å². The number of benzene rings is 1. The Labute approximate surface area is 105 Å². The summed E-state index contributed by atoms with van der Waals surface area (Å²) in [5, 5.41) is 4.56. The summed E-state index contributed by atoms with van der Waals surface area (Å²) in [6.45, 7) is 5.03. The van der Waals surface area contributed by atoms with Crippen molar-refractivity contribution in [3.63, 3.8) is 0 Å². The molecule has 2 heterocycles. The van der Waals surface area contributed by atoms with E-state index >= 15 is 0 Å². The number of hydrogen-bond acceptors (Lipinski definition) is 2. The molecule has 0 saturated heterocycles. The Bertz CT molecular complexity index is 664. The van der Waals surface area contributed by atoms with Crippen LogP contribution >= 0.6 is 11.3 Å². The quantitative estimate of drug-likeness (QED) is 0.669. The van der Waals surface area contributed by atoms with Crippen LogP contribution in [0.15, 0.2) is 35.8 Å². The van der Waals surface area contributed by atoms with Gasteiger partial charge in [0.05, 0.1) is 17.2 Å². The number of aromatic nitrogens is 2. The molecule has 2 aromatic heterocycles. The van der Waals surface area contributed by atoms with Gasteiger partial charge in [-0.3, -0.25) is 0 Å². The van der Waals surface area contributed by atoms with Gasteiger partial charge < -0.3 is 4.57 Å². The SMILES string of the molecule is Cc1ccc2ccn(Cc3csc(C)n3)c2c1. The third-order valence-electron chi connectivity index (χ3n) is 2.93. The van der Waals surface area contributed by atoms with Gasteiger partial charge in [-0.05, 0) is 36.9 Å². The summed E-state index contributed by atoms with van der Waals surface area (Å²) in [5.41, 5.74) is 3.73. The van der Waals surface area contributed by atoms with E-state index in [-0.39, 0.29) is 0 Å². The molecule has 3 aromatic rings. The predicted octanol–water partition coefficient (Wildman–Crippen LogP) is 3.76.